The fourth-order valence-electron chi connectivity index (χ4n) is 2.13. The van der Waals surface area contributed by atoms with E-state index in [0.717, 1.165) is 16.7 Å². The van der Waals surface area contributed by atoms with Crippen LogP contribution >= 0.6 is 22.9 Å². The van der Waals surface area contributed by atoms with Gasteiger partial charge in [0, 0.05) is 30.0 Å². The summed E-state index contributed by atoms with van der Waals surface area (Å²) >= 11 is 7.50. The van der Waals surface area contributed by atoms with Crippen LogP contribution in [0.4, 0.5) is 0 Å². The van der Waals surface area contributed by atoms with E-state index >= 15 is 0 Å². The fraction of sp³-hybridized carbons (Fsp3) is 0.312. The molecule has 0 saturated heterocycles. The van der Waals surface area contributed by atoms with Gasteiger partial charge in [-0.1, -0.05) is 29.8 Å². The summed E-state index contributed by atoms with van der Waals surface area (Å²) in [6.45, 7) is 0.754. The maximum Gasteiger partial charge on any atom is 0.263 e. The Morgan fingerprint density at radius 2 is 1.96 bits per heavy atom. The van der Waals surface area contributed by atoms with Crippen LogP contribution in [0, 0.1) is 0 Å². The molecule has 0 spiro atoms. The van der Waals surface area contributed by atoms with Gasteiger partial charge in [-0.2, -0.15) is 0 Å². The van der Waals surface area contributed by atoms with Crippen molar-refractivity contribution in [1.82, 2.24) is 9.62 Å². The first kappa shape index (κ1) is 18.9. The monoisotopic (exact) mass is 386 g/mol. The van der Waals surface area contributed by atoms with E-state index in [9.17, 15) is 13.2 Å². The Labute approximate surface area is 151 Å². The zero-order valence-corrected chi connectivity index (χ0v) is 15.8. The van der Waals surface area contributed by atoms with E-state index in [0.29, 0.717) is 29.4 Å². The van der Waals surface area contributed by atoms with Gasteiger partial charge in [0.05, 0.1) is 11.1 Å². The summed E-state index contributed by atoms with van der Waals surface area (Å²) < 4.78 is 24.5. The average Bonchev–Trinajstić information content (AvgIpc) is 2.96. The zero-order valence-electron chi connectivity index (χ0n) is 13.5. The molecule has 130 valence electrons. The Kier molecular flexibility index (Phi) is 6.40. The highest BCUT2D eigenvalue weighted by Crippen LogP contribution is 2.21. The number of sulfonamides is 1. The van der Waals surface area contributed by atoms with Crippen LogP contribution in [-0.2, 0) is 23.0 Å². The quantitative estimate of drug-likeness (QED) is 0.795. The van der Waals surface area contributed by atoms with E-state index in [2.05, 4.69) is 4.72 Å². The molecule has 0 unspecified atom stereocenters. The summed E-state index contributed by atoms with van der Waals surface area (Å²) in [5.74, 6) is -0.0813. The van der Waals surface area contributed by atoms with Gasteiger partial charge in [-0.05, 0) is 30.2 Å². The summed E-state index contributed by atoms with van der Waals surface area (Å²) in [7, 11) is -1.46. The van der Waals surface area contributed by atoms with Crippen molar-refractivity contribution < 1.29 is 13.2 Å². The van der Waals surface area contributed by atoms with Gasteiger partial charge in [0.15, 0.2) is 0 Å². The normalized spacial score (nSPS) is 11.5. The number of carbonyl (C=O) groups excluding carboxylic acids is 1. The summed E-state index contributed by atoms with van der Waals surface area (Å²) in [4.78, 5) is 15.7. The van der Waals surface area contributed by atoms with E-state index in [-0.39, 0.29) is 5.91 Å². The molecule has 5 nitrogen and oxygen atoms in total. The minimum absolute atomic E-state index is 0.0813. The smallest absolute Gasteiger partial charge is 0.263 e. The van der Waals surface area contributed by atoms with Crippen molar-refractivity contribution in [2.24, 2.45) is 0 Å². The minimum atomic E-state index is -3.19. The zero-order chi connectivity index (χ0) is 17.7. The molecule has 0 saturated carbocycles. The molecule has 1 aromatic carbocycles. The predicted molar refractivity (Wildman–Crippen MR) is 98.1 cm³/mol. The van der Waals surface area contributed by atoms with Crippen molar-refractivity contribution in [2.75, 3.05) is 19.8 Å². The van der Waals surface area contributed by atoms with Crippen molar-refractivity contribution in [3.05, 3.63) is 56.7 Å². The number of thiophene rings is 1. The first-order chi connectivity index (χ1) is 11.3. The maximum atomic E-state index is 12.5. The second-order valence-corrected chi connectivity index (χ2v) is 8.84. The molecular formula is C16H19ClN2O3S2. The Morgan fingerprint density at radius 3 is 2.62 bits per heavy atom. The third-order valence-corrected chi connectivity index (χ3v) is 5.55. The number of halogens is 1. The number of benzene rings is 1. The first-order valence-electron chi connectivity index (χ1n) is 7.28. The molecular weight excluding hydrogens is 368 g/mol. The summed E-state index contributed by atoms with van der Waals surface area (Å²) in [6.07, 6.45) is 1.68. The van der Waals surface area contributed by atoms with E-state index in [1.807, 2.05) is 24.3 Å². The number of hydrogen-bond donors (Lipinski definition) is 1. The third kappa shape index (κ3) is 5.59. The van der Waals surface area contributed by atoms with Gasteiger partial charge in [-0.3, -0.25) is 4.79 Å². The third-order valence-electron chi connectivity index (χ3n) is 3.32. The molecule has 24 heavy (non-hydrogen) atoms. The van der Waals surface area contributed by atoms with Crippen molar-refractivity contribution >= 4 is 38.9 Å². The topological polar surface area (TPSA) is 66.5 Å². The van der Waals surface area contributed by atoms with Crippen LogP contribution in [0.15, 0.2) is 36.4 Å². The summed E-state index contributed by atoms with van der Waals surface area (Å²) in [5.41, 5.74) is 0.893. The molecule has 2 rings (SSSR count). The molecule has 1 amide bonds. The van der Waals surface area contributed by atoms with Crippen molar-refractivity contribution in [1.29, 1.82) is 0 Å². The van der Waals surface area contributed by atoms with Gasteiger partial charge < -0.3 is 4.90 Å². The van der Waals surface area contributed by atoms with Crippen molar-refractivity contribution in [2.45, 2.75) is 13.0 Å². The van der Waals surface area contributed by atoms with Crippen LogP contribution in [0.5, 0.6) is 0 Å². The van der Waals surface area contributed by atoms with Gasteiger partial charge >= 0.3 is 0 Å². The predicted octanol–water partition coefficient (Wildman–Crippen LogP) is 2.77. The first-order valence-corrected chi connectivity index (χ1v) is 10.4. The summed E-state index contributed by atoms with van der Waals surface area (Å²) in [5, 5.41) is 0.635. The SMILES string of the molecule is CN(Cc1ccccc1Cl)C(=O)c1ccc(CCNS(C)(=O)=O)s1. The minimum Gasteiger partial charge on any atom is -0.337 e. The van der Waals surface area contributed by atoms with Gasteiger partial charge in [-0.15, -0.1) is 11.3 Å². The van der Waals surface area contributed by atoms with Gasteiger partial charge in [0.2, 0.25) is 10.0 Å². The van der Waals surface area contributed by atoms with Crippen LogP contribution in [0.2, 0.25) is 5.02 Å². The molecule has 8 heteroatoms. The van der Waals surface area contributed by atoms with E-state index < -0.39 is 10.0 Å². The van der Waals surface area contributed by atoms with Gasteiger partial charge in [0.1, 0.15) is 0 Å². The second kappa shape index (κ2) is 8.11. The van der Waals surface area contributed by atoms with Crippen LogP contribution in [-0.4, -0.2) is 39.1 Å². The second-order valence-electron chi connectivity index (χ2n) is 5.44. The van der Waals surface area contributed by atoms with Crippen LogP contribution < -0.4 is 4.72 Å². The van der Waals surface area contributed by atoms with Crippen molar-refractivity contribution in [3.8, 4) is 0 Å². The molecule has 2 aromatic rings. The molecule has 0 fully saturated rings. The molecule has 0 atom stereocenters. The standard InChI is InChI=1S/C16H19ClN2O3S2/c1-19(11-12-5-3-4-6-14(12)17)16(20)15-8-7-13(23-15)9-10-18-24(2,21)22/h3-8,18H,9-11H2,1-2H3. The van der Waals surface area contributed by atoms with Crippen LogP contribution in [0.1, 0.15) is 20.1 Å². The highest BCUT2D eigenvalue weighted by Gasteiger charge is 2.15. The molecule has 0 bridgehead atoms. The van der Waals surface area contributed by atoms with Crippen molar-refractivity contribution in [3.63, 3.8) is 0 Å². The Morgan fingerprint density at radius 1 is 1.25 bits per heavy atom. The molecule has 0 radical (unpaired) electrons. The fourth-order valence-corrected chi connectivity index (χ4v) is 3.80. The number of hydrogen-bond acceptors (Lipinski definition) is 4. The van der Waals surface area contributed by atoms with Gasteiger partial charge in [0.25, 0.3) is 5.91 Å². The lowest BCUT2D eigenvalue weighted by Crippen LogP contribution is -2.25. The lowest BCUT2D eigenvalue weighted by atomic mass is 10.2. The average molecular weight is 387 g/mol. The van der Waals surface area contributed by atoms with E-state index in [1.165, 1.54) is 11.3 Å². The number of nitrogens with one attached hydrogen (secondary N) is 1. The summed E-state index contributed by atoms with van der Waals surface area (Å²) in [6, 6.07) is 11.1. The van der Waals surface area contributed by atoms with E-state index in [1.54, 1.807) is 24.1 Å². The van der Waals surface area contributed by atoms with Crippen LogP contribution in [0.25, 0.3) is 0 Å². The highest BCUT2D eigenvalue weighted by molar-refractivity contribution is 7.88. The Balaban J connectivity index is 1.96. The molecule has 1 N–H and O–H groups in total. The van der Waals surface area contributed by atoms with E-state index in [4.69, 9.17) is 11.6 Å². The van der Waals surface area contributed by atoms with Crippen LogP contribution in [0.3, 0.4) is 0 Å². The molecule has 1 heterocycles. The number of carbonyl (C=O) groups is 1. The molecule has 0 aliphatic heterocycles. The molecule has 0 aliphatic carbocycles. The Bertz CT molecular complexity index is 818. The largest absolute Gasteiger partial charge is 0.337 e. The lowest BCUT2D eigenvalue weighted by Gasteiger charge is -2.17. The number of amides is 1. The molecule has 0 aliphatic rings. The lowest BCUT2D eigenvalue weighted by molar-refractivity contribution is 0.0790. The number of rotatable bonds is 7. The maximum absolute atomic E-state index is 12.5. The van der Waals surface area contributed by atoms with Gasteiger partial charge in [-0.25, -0.2) is 13.1 Å². The molecule has 1 aromatic heterocycles. The number of nitrogens with zero attached hydrogens (tertiary/aromatic N) is 1. The highest BCUT2D eigenvalue weighted by atomic mass is 35.5. The Hall–Kier alpha value is -1.41.